The standard InChI is InChI=1S/C8H13NO2/c1-9-4-3-8(11-2)7(5-9)6-10/h5-6,8H,3-4H2,1-2H3/t8-/m1/s1. The molecular formula is C8H13NO2. The van der Waals surface area contributed by atoms with E-state index in [1.54, 1.807) is 7.11 Å². The summed E-state index contributed by atoms with van der Waals surface area (Å²) >= 11 is 0. The lowest BCUT2D eigenvalue weighted by Gasteiger charge is -2.26. The van der Waals surface area contributed by atoms with Crippen LogP contribution in [0, 0.1) is 0 Å². The molecule has 0 aliphatic carbocycles. The lowest BCUT2D eigenvalue weighted by Crippen LogP contribution is -2.29. The molecule has 62 valence electrons. The summed E-state index contributed by atoms with van der Waals surface area (Å²) in [5.41, 5.74) is 0.737. The van der Waals surface area contributed by atoms with Gasteiger partial charge in [-0.1, -0.05) is 0 Å². The highest BCUT2D eigenvalue weighted by molar-refractivity contribution is 5.74. The molecule has 3 heteroatoms. The SMILES string of the molecule is CO[C@@H]1CCN(C)C=C1C=O. The first-order valence-corrected chi connectivity index (χ1v) is 3.68. The lowest BCUT2D eigenvalue weighted by atomic mass is 10.1. The number of methoxy groups -OCH3 is 1. The van der Waals surface area contributed by atoms with Crippen molar-refractivity contribution in [1.82, 2.24) is 4.90 Å². The van der Waals surface area contributed by atoms with Crippen LogP contribution in [0.4, 0.5) is 0 Å². The van der Waals surface area contributed by atoms with Crippen LogP contribution in [0.15, 0.2) is 11.8 Å². The van der Waals surface area contributed by atoms with Crippen molar-refractivity contribution >= 4 is 6.29 Å². The number of ether oxygens (including phenoxy) is 1. The Labute approximate surface area is 66.6 Å². The van der Waals surface area contributed by atoms with Gasteiger partial charge in [0.05, 0.1) is 6.10 Å². The molecule has 0 amide bonds. The Morgan fingerprint density at radius 2 is 2.55 bits per heavy atom. The Kier molecular flexibility index (Phi) is 2.65. The van der Waals surface area contributed by atoms with E-state index in [1.165, 1.54) is 0 Å². The predicted octanol–water partition coefficient (Wildman–Crippen LogP) is 0.420. The third-order valence-corrected chi connectivity index (χ3v) is 1.91. The minimum absolute atomic E-state index is 0.00343. The molecule has 0 aromatic rings. The number of nitrogens with zero attached hydrogens (tertiary/aromatic N) is 1. The molecule has 0 saturated heterocycles. The minimum Gasteiger partial charge on any atom is -0.380 e. The molecule has 1 rings (SSSR count). The first kappa shape index (κ1) is 8.27. The van der Waals surface area contributed by atoms with Crippen molar-refractivity contribution in [3.05, 3.63) is 11.8 Å². The number of rotatable bonds is 2. The van der Waals surface area contributed by atoms with Gasteiger partial charge in [0, 0.05) is 32.5 Å². The summed E-state index contributed by atoms with van der Waals surface area (Å²) in [6.45, 7) is 0.954. The van der Waals surface area contributed by atoms with Crippen molar-refractivity contribution in [1.29, 1.82) is 0 Å². The Balaban J connectivity index is 2.70. The summed E-state index contributed by atoms with van der Waals surface area (Å²) in [6.07, 6.45) is 3.61. The Bertz CT molecular complexity index is 177. The number of carbonyl (C=O) groups excluding carboxylic acids is 1. The van der Waals surface area contributed by atoms with Gasteiger partial charge in [0.15, 0.2) is 0 Å². The largest absolute Gasteiger partial charge is 0.380 e. The fourth-order valence-electron chi connectivity index (χ4n) is 1.25. The summed E-state index contributed by atoms with van der Waals surface area (Å²) in [4.78, 5) is 12.5. The van der Waals surface area contributed by atoms with E-state index in [4.69, 9.17) is 4.74 Å². The van der Waals surface area contributed by atoms with Gasteiger partial charge >= 0.3 is 0 Å². The van der Waals surface area contributed by atoms with Gasteiger partial charge in [0.1, 0.15) is 6.29 Å². The maximum absolute atomic E-state index is 10.5. The van der Waals surface area contributed by atoms with E-state index in [2.05, 4.69) is 0 Å². The molecular weight excluding hydrogens is 142 g/mol. The second kappa shape index (κ2) is 3.53. The quantitative estimate of drug-likeness (QED) is 0.541. The van der Waals surface area contributed by atoms with Crippen LogP contribution in [0.25, 0.3) is 0 Å². The van der Waals surface area contributed by atoms with E-state index < -0.39 is 0 Å². The molecule has 1 aliphatic heterocycles. The molecule has 1 atom stereocenters. The number of hydrogen-bond donors (Lipinski definition) is 0. The fraction of sp³-hybridized carbons (Fsp3) is 0.625. The molecule has 0 spiro atoms. The Morgan fingerprint density at radius 3 is 3.09 bits per heavy atom. The highest BCUT2D eigenvalue weighted by Crippen LogP contribution is 2.14. The molecule has 0 aromatic carbocycles. The van der Waals surface area contributed by atoms with Crippen molar-refractivity contribution in [2.45, 2.75) is 12.5 Å². The third-order valence-electron chi connectivity index (χ3n) is 1.91. The zero-order chi connectivity index (χ0) is 8.27. The van der Waals surface area contributed by atoms with Crippen molar-refractivity contribution < 1.29 is 9.53 Å². The molecule has 0 N–H and O–H groups in total. The van der Waals surface area contributed by atoms with Gasteiger partial charge in [0.25, 0.3) is 0 Å². The van der Waals surface area contributed by atoms with E-state index in [1.807, 2.05) is 18.1 Å². The minimum atomic E-state index is 0.00343. The molecule has 0 unspecified atom stereocenters. The summed E-state index contributed by atoms with van der Waals surface area (Å²) < 4.78 is 5.12. The predicted molar refractivity (Wildman–Crippen MR) is 42.2 cm³/mol. The molecule has 1 aliphatic rings. The van der Waals surface area contributed by atoms with Gasteiger partial charge in [-0.2, -0.15) is 0 Å². The summed E-state index contributed by atoms with van der Waals surface area (Å²) in [5, 5.41) is 0. The van der Waals surface area contributed by atoms with Crippen molar-refractivity contribution in [3.8, 4) is 0 Å². The monoisotopic (exact) mass is 155 g/mol. The number of carbonyl (C=O) groups is 1. The fourth-order valence-corrected chi connectivity index (χ4v) is 1.25. The first-order chi connectivity index (χ1) is 5.27. The Morgan fingerprint density at radius 1 is 1.82 bits per heavy atom. The zero-order valence-corrected chi connectivity index (χ0v) is 6.91. The van der Waals surface area contributed by atoms with Crippen LogP contribution in [0.2, 0.25) is 0 Å². The topological polar surface area (TPSA) is 29.5 Å². The van der Waals surface area contributed by atoms with Crippen molar-refractivity contribution in [2.24, 2.45) is 0 Å². The summed E-state index contributed by atoms with van der Waals surface area (Å²) in [7, 11) is 3.59. The second-order valence-corrected chi connectivity index (χ2v) is 2.74. The molecule has 0 fully saturated rings. The normalized spacial score (nSPS) is 24.7. The van der Waals surface area contributed by atoms with Crippen LogP contribution in [0.1, 0.15) is 6.42 Å². The molecule has 11 heavy (non-hydrogen) atoms. The van der Waals surface area contributed by atoms with Crippen molar-refractivity contribution in [2.75, 3.05) is 20.7 Å². The molecule has 0 saturated carbocycles. The van der Waals surface area contributed by atoms with Gasteiger partial charge in [-0.3, -0.25) is 4.79 Å². The van der Waals surface area contributed by atoms with E-state index in [9.17, 15) is 4.79 Å². The molecule has 0 radical (unpaired) electrons. The van der Waals surface area contributed by atoms with Crippen LogP contribution in [-0.2, 0) is 9.53 Å². The molecule has 0 aromatic heterocycles. The molecule has 1 heterocycles. The second-order valence-electron chi connectivity index (χ2n) is 2.74. The smallest absolute Gasteiger partial charge is 0.150 e. The highest BCUT2D eigenvalue weighted by atomic mass is 16.5. The maximum atomic E-state index is 10.5. The van der Waals surface area contributed by atoms with Crippen LogP contribution in [-0.4, -0.2) is 38.0 Å². The average Bonchev–Trinajstić information content (AvgIpc) is 2.04. The van der Waals surface area contributed by atoms with Crippen LogP contribution in [0.3, 0.4) is 0 Å². The highest BCUT2D eigenvalue weighted by Gasteiger charge is 2.18. The van der Waals surface area contributed by atoms with Gasteiger partial charge in [-0.05, 0) is 6.42 Å². The molecule has 0 bridgehead atoms. The van der Waals surface area contributed by atoms with E-state index >= 15 is 0 Å². The van der Waals surface area contributed by atoms with Crippen LogP contribution in [0.5, 0.6) is 0 Å². The van der Waals surface area contributed by atoms with E-state index in [-0.39, 0.29) is 6.10 Å². The van der Waals surface area contributed by atoms with Crippen LogP contribution < -0.4 is 0 Å². The van der Waals surface area contributed by atoms with Gasteiger partial charge in [-0.15, -0.1) is 0 Å². The van der Waals surface area contributed by atoms with E-state index in [0.717, 1.165) is 24.8 Å². The van der Waals surface area contributed by atoms with Gasteiger partial charge < -0.3 is 9.64 Å². The van der Waals surface area contributed by atoms with Gasteiger partial charge in [-0.25, -0.2) is 0 Å². The summed E-state index contributed by atoms with van der Waals surface area (Å²) in [5.74, 6) is 0. The third kappa shape index (κ3) is 1.80. The van der Waals surface area contributed by atoms with Gasteiger partial charge in [0.2, 0.25) is 0 Å². The summed E-state index contributed by atoms with van der Waals surface area (Å²) in [6, 6.07) is 0. The lowest BCUT2D eigenvalue weighted by molar-refractivity contribution is -0.106. The maximum Gasteiger partial charge on any atom is 0.150 e. The Hall–Kier alpha value is -0.830. The average molecular weight is 155 g/mol. The molecule has 3 nitrogen and oxygen atoms in total. The van der Waals surface area contributed by atoms with Crippen molar-refractivity contribution in [3.63, 3.8) is 0 Å². The number of aldehydes is 1. The number of hydrogen-bond acceptors (Lipinski definition) is 3. The van der Waals surface area contributed by atoms with Crippen LogP contribution >= 0.6 is 0 Å². The first-order valence-electron chi connectivity index (χ1n) is 3.68. The van der Waals surface area contributed by atoms with E-state index in [0.29, 0.717) is 0 Å². The zero-order valence-electron chi connectivity index (χ0n) is 6.91.